The number of likely N-dealkylation sites (tertiary alicyclic amines) is 1. The number of aliphatic imine (C=N–C) groups is 1. The Morgan fingerprint density at radius 3 is 2.82 bits per heavy atom. The molecule has 0 aliphatic carbocycles. The molecule has 0 radical (unpaired) electrons. The summed E-state index contributed by atoms with van der Waals surface area (Å²) < 4.78 is 13.0. The predicted octanol–water partition coefficient (Wildman–Crippen LogP) is 1.98. The van der Waals surface area contributed by atoms with Gasteiger partial charge in [-0.3, -0.25) is 9.39 Å². The number of guanidine groups is 1. The number of rotatable bonds is 8. The SMILES string of the molecule is CN=C(NCCc1nnc2ccccn12)N1CCC(OCCCOC)CC1.I. The predicted molar refractivity (Wildman–Crippen MR) is 121 cm³/mol. The fourth-order valence-electron chi connectivity index (χ4n) is 3.37. The highest BCUT2D eigenvalue weighted by Gasteiger charge is 2.21. The van der Waals surface area contributed by atoms with E-state index in [1.54, 1.807) is 7.11 Å². The number of fused-ring (bicyclic) bond motifs is 1. The van der Waals surface area contributed by atoms with Gasteiger partial charge in [0.15, 0.2) is 11.6 Å². The molecular formula is C19H31IN6O2. The number of halogens is 1. The first kappa shape index (κ1) is 22.8. The van der Waals surface area contributed by atoms with E-state index in [0.29, 0.717) is 6.10 Å². The van der Waals surface area contributed by atoms with Crippen molar-refractivity contribution in [2.75, 3.05) is 47.0 Å². The summed E-state index contributed by atoms with van der Waals surface area (Å²) in [5.74, 6) is 1.90. The fraction of sp³-hybridized carbons (Fsp3) is 0.632. The van der Waals surface area contributed by atoms with Crippen LogP contribution in [0.5, 0.6) is 0 Å². The standard InChI is InChI=1S/C19H30N6O2.HI/c1-20-19(24-12-8-16(9-13-24)27-15-5-14-26-2)21-10-7-18-23-22-17-6-3-4-11-25(17)18;/h3-4,6,11,16H,5,7-10,12-15H2,1-2H3,(H,20,21);1H. The zero-order chi connectivity index (χ0) is 18.9. The number of nitrogens with one attached hydrogen (secondary N) is 1. The second-order valence-electron chi connectivity index (χ2n) is 6.67. The maximum absolute atomic E-state index is 5.93. The Hall–Kier alpha value is -1.46. The third-order valence-corrected chi connectivity index (χ3v) is 4.82. The minimum atomic E-state index is 0. The van der Waals surface area contributed by atoms with Gasteiger partial charge in [0.25, 0.3) is 0 Å². The first-order valence-corrected chi connectivity index (χ1v) is 9.66. The molecule has 156 valence electrons. The monoisotopic (exact) mass is 502 g/mol. The van der Waals surface area contributed by atoms with Crippen molar-refractivity contribution < 1.29 is 9.47 Å². The molecule has 3 rings (SSSR count). The lowest BCUT2D eigenvalue weighted by molar-refractivity contribution is 0.00991. The maximum atomic E-state index is 5.93. The molecule has 28 heavy (non-hydrogen) atoms. The van der Waals surface area contributed by atoms with Crippen LogP contribution in [-0.2, 0) is 15.9 Å². The second kappa shape index (κ2) is 12.2. The quantitative estimate of drug-likeness (QED) is 0.258. The van der Waals surface area contributed by atoms with E-state index in [0.717, 1.165) is 76.0 Å². The summed E-state index contributed by atoms with van der Waals surface area (Å²) in [7, 11) is 3.56. The van der Waals surface area contributed by atoms with Gasteiger partial charge in [-0.05, 0) is 31.4 Å². The van der Waals surface area contributed by atoms with Gasteiger partial charge in [-0.1, -0.05) is 6.07 Å². The van der Waals surface area contributed by atoms with E-state index in [-0.39, 0.29) is 24.0 Å². The van der Waals surface area contributed by atoms with Gasteiger partial charge in [0, 0.05) is 59.6 Å². The highest BCUT2D eigenvalue weighted by atomic mass is 127. The van der Waals surface area contributed by atoms with E-state index in [9.17, 15) is 0 Å². The van der Waals surface area contributed by atoms with Gasteiger partial charge in [0.05, 0.1) is 6.10 Å². The lowest BCUT2D eigenvalue weighted by atomic mass is 10.1. The van der Waals surface area contributed by atoms with Crippen molar-refractivity contribution >= 4 is 35.6 Å². The third-order valence-electron chi connectivity index (χ3n) is 4.82. The number of hydrogen-bond acceptors (Lipinski definition) is 5. The summed E-state index contributed by atoms with van der Waals surface area (Å²) in [5, 5.41) is 11.9. The van der Waals surface area contributed by atoms with Crippen LogP contribution in [0, 0.1) is 0 Å². The lowest BCUT2D eigenvalue weighted by Gasteiger charge is -2.34. The van der Waals surface area contributed by atoms with Crippen molar-refractivity contribution in [3.8, 4) is 0 Å². The van der Waals surface area contributed by atoms with Gasteiger partial charge in [-0.25, -0.2) is 0 Å². The summed E-state index contributed by atoms with van der Waals surface area (Å²) in [4.78, 5) is 6.74. The van der Waals surface area contributed by atoms with Crippen LogP contribution in [0.25, 0.3) is 5.65 Å². The molecule has 2 aromatic rings. The maximum Gasteiger partial charge on any atom is 0.193 e. The minimum Gasteiger partial charge on any atom is -0.385 e. The third kappa shape index (κ3) is 6.28. The summed E-state index contributed by atoms with van der Waals surface area (Å²) in [5.41, 5.74) is 0.879. The first-order valence-electron chi connectivity index (χ1n) is 9.66. The number of nitrogens with zero attached hydrogens (tertiary/aromatic N) is 5. The molecule has 0 aromatic carbocycles. The zero-order valence-corrected chi connectivity index (χ0v) is 19.0. The fourth-order valence-corrected chi connectivity index (χ4v) is 3.37. The smallest absolute Gasteiger partial charge is 0.193 e. The summed E-state index contributed by atoms with van der Waals surface area (Å²) in [6.07, 6.45) is 6.15. The average Bonchev–Trinajstić information content (AvgIpc) is 3.12. The van der Waals surface area contributed by atoms with Crippen LogP contribution in [0.1, 0.15) is 25.1 Å². The molecule has 1 N–H and O–H groups in total. The molecule has 2 aromatic heterocycles. The minimum absolute atomic E-state index is 0. The average molecular weight is 502 g/mol. The molecule has 0 spiro atoms. The van der Waals surface area contributed by atoms with E-state index in [1.165, 1.54) is 0 Å². The molecule has 1 aliphatic rings. The van der Waals surface area contributed by atoms with Crippen molar-refractivity contribution in [3.05, 3.63) is 30.2 Å². The van der Waals surface area contributed by atoms with Gasteiger partial charge in [0.1, 0.15) is 5.82 Å². The van der Waals surface area contributed by atoms with Crippen molar-refractivity contribution in [3.63, 3.8) is 0 Å². The number of methoxy groups -OCH3 is 1. The number of piperidine rings is 1. The summed E-state index contributed by atoms with van der Waals surface area (Å²) >= 11 is 0. The highest BCUT2D eigenvalue weighted by Crippen LogP contribution is 2.14. The molecule has 3 heterocycles. The Kier molecular flexibility index (Phi) is 9.93. The van der Waals surface area contributed by atoms with Crippen LogP contribution in [0.2, 0.25) is 0 Å². The molecule has 9 heteroatoms. The van der Waals surface area contributed by atoms with Crippen molar-refractivity contribution in [1.82, 2.24) is 24.8 Å². The first-order chi connectivity index (χ1) is 13.3. The summed E-state index contributed by atoms with van der Waals surface area (Å²) in [6, 6.07) is 5.93. The van der Waals surface area contributed by atoms with E-state index >= 15 is 0 Å². The summed E-state index contributed by atoms with van der Waals surface area (Å²) in [6.45, 7) is 4.23. The number of hydrogen-bond donors (Lipinski definition) is 1. The topological polar surface area (TPSA) is 76.3 Å². The molecule has 0 saturated carbocycles. The van der Waals surface area contributed by atoms with Crippen molar-refractivity contribution in [1.29, 1.82) is 0 Å². The van der Waals surface area contributed by atoms with Crippen molar-refractivity contribution in [2.24, 2.45) is 4.99 Å². The van der Waals surface area contributed by atoms with E-state index in [1.807, 2.05) is 35.8 Å². The van der Waals surface area contributed by atoms with Gasteiger partial charge in [-0.2, -0.15) is 0 Å². The van der Waals surface area contributed by atoms with Crippen LogP contribution in [-0.4, -0.2) is 78.6 Å². The second-order valence-corrected chi connectivity index (χ2v) is 6.67. The van der Waals surface area contributed by atoms with Crippen LogP contribution in [0.4, 0.5) is 0 Å². The molecule has 0 amide bonds. The zero-order valence-electron chi connectivity index (χ0n) is 16.7. The Balaban J connectivity index is 0.00000280. The Morgan fingerprint density at radius 1 is 1.25 bits per heavy atom. The highest BCUT2D eigenvalue weighted by molar-refractivity contribution is 14.0. The van der Waals surface area contributed by atoms with Crippen molar-refractivity contribution in [2.45, 2.75) is 31.8 Å². The molecule has 0 bridgehead atoms. The van der Waals surface area contributed by atoms with Gasteiger partial charge >= 0.3 is 0 Å². The normalized spacial score (nSPS) is 15.6. The number of pyridine rings is 1. The van der Waals surface area contributed by atoms with E-state index in [2.05, 4.69) is 25.4 Å². The van der Waals surface area contributed by atoms with Gasteiger partial charge in [0.2, 0.25) is 0 Å². The van der Waals surface area contributed by atoms with Crippen LogP contribution in [0.15, 0.2) is 29.4 Å². The Labute approximate surface area is 183 Å². The number of ether oxygens (including phenoxy) is 2. The van der Waals surface area contributed by atoms with Gasteiger partial charge in [-0.15, -0.1) is 34.2 Å². The molecule has 0 unspecified atom stereocenters. The molecular weight excluding hydrogens is 471 g/mol. The van der Waals surface area contributed by atoms with Crippen LogP contribution < -0.4 is 5.32 Å². The Morgan fingerprint density at radius 2 is 2.07 bits per heavy atom. The molecule has 1 saturated heterocycles. The van der Waals surface area contributed by atoms with E-state index in [4.69, 9.17) is 9.47 Å². The Bertz CT molecular complexity index is 730. The molecule has 0 atom stereocenters. The molecule has 1 aliphatic heterocycles. The number of aromatic nitrogens is 3. The van der Waals surface area contributed by atoms with Crippen LogP contribution in [0.3, 0.4) is 0 Å². The largest absolute Gasteiger partial charge is 0.385 e. The van der Waals surface area contributed by atoms with E-state index < -0.39 is 0 Å². The van der Waals surface area contributed by atoms with Crippen LogP contribution >= 0.6 is 24.0 Å². The molecule has 1 fully saturated rings. The lowest BCUT2D eigenvalue weighted by Crippen LogP contribution is -2.47. The molecule has 8 nitrogen and oxygen atoms in total. The van der Waals surface area contributed by atoms with Gasteiger partial charge < -0.3 is 19.7 Å².